The molecule has 1 rings (SSSR count). The fourth-order valence-corrected chi connectivity index (χ4v) is 1.06. The molecule has 0 aromatic heterocycles. The van der Waals surface area contributed by atoms with Gasteiger partial charge in [-0.25, -0.2) is 0 Å². The summed E-state index contributed by atoms with van der Waals surface area (Å²) in [4.78, 5) is 12.8. The molecule has 0 amide bonds. The van der Waals surface area contributed by atoms with Crippen molar-refractivity contribution in [3.63, 3.8) is 0 Å². The van der Waals surface area contributed by atoms with Crippen LogP contribution in [0.1, 0.15) is 6.92 Å². The molecule has 0 bridgehead atoms. The van der Waals surface area contributed by atoms with E-state index in [0.29, 0.717) is 6.61 Å². The van der Waals surface area contributed by atoms with Crippen LogP contribution in [0.25, 0.3) is 0 Å². The molecule has 1 heterocycles. The maximum Gasteiger partial charge on any atom is 0.325 e. The molecule has 0 aliphatic carbocycles. The largest absolute Gasteiger partial charge is 0.465 e. The third-order valence-electron chi connectivity index (χ3n) is 1.70. The highest BCUT2D eigenvalue weighted by Crippen LogP contribution is 2.03. The van der Waals surface area contributed by atoms with E-state index in [4.69, 9.17) is 10.5 Å². The van der Waals surface area contributed by atoms with Gasteiger partial charge in [-0.1, -0.05) is 6.08 Å². The monoisotopic (exact) mass is 262 g/mol. The molecule has 0 aromatic carbocycles. The summed E-state index contributed by atoms with van der Waals surface area (Å²) in [6.45, 7) is 2.39. The van der Waals surface area contributed by atoms with E-state index in [0.717, 1.165) is 0 Å². The molecule has 0 radical (unpaired) electrons. The van der Waals surface area contributed by atoms with Crippen LogP contribution >= 0.6 is 17.0 Å². The third-order valence-corrected chi connectivity index (χ3v) is 1.70. The number of nitrogens with two attached hydrogens (primary N) is 1. The first-order chi connectivity index (χ1) is 6.24. The summed E-state index contributed by atoms with van der Waals surface area (Å²) in [5.41, 5.74) is 5.70. The normalized spacial score (nSPS) is 19.0. The zero-order valence-electron chi connectivity index (χ0n) is 8.05. The van der Waals surface area contributed by atoms with Crippen molar-refractivity contribution in [3.05, 3.63) is 24.4 Å². The molecule has 0 fully saturated rings. The smallest absolute Gasteiger partial charge is 0.325 e. The summed E-state index contributed by atoms with van der Waals surface area (Å²) >= 11 is 0. The van der Waals surface area contributed by atoms with E-state index in [1.165, 1.54) is 0 Å². The fourth-order valence-electron chi connectivity index (χ4n) is 1.06. The van der Waals surface area contributed by atoms with Crippen molar-refractivity contribution in [2.75, 3.05) is 13.2 Å². The van der Waals surface area contributed by atoms with Gasteiger partial charge in [0.25, 0.3) is 0 Å². The number of hydrogen-bond acceptors (Lipinski definition) is 4. The minimum absolute atomic E-state index is 0. The molecule has 14 heavy (non-hydrogen) atoms. The zero-order chi connectivity index (χ0) is 9.68. The van der Waals surface area contributed by atoms with Crippen molar-refractivity contribution in [2.24, 2.45) is 5.73 Å². The molecule has 0 saturated carbocycles. The van der Waals surface area contributed by atoms with Gasteiger partial charge < -0.3 is 15.4 Å². The van der Waals surface area contributed by atoms with Crippen LogP contribution in [0.2, 0.25) is 0 Å². The van der Waals surface area contributed by atoms with E-state index in [2.05, 4.69) is 0 Å². The molecular weight excluding hydrogens is 248 g/mol. The van der Waals surface area contributed by atoms with Crippen LogP contribution in [-0.2, 0) is 9.53 Å². The summed E-state index contributed by atoms with van der Waals surface area (Å²) in [5.74, 6) is -0.252. The van der Waals surface area contributed by atoms with Crippen LogP contribution in [0, 0.1) is 0 Å². The Hall–Kier alpha value is -0.810. The van der Waals surface area contributed by atoms with Crippen LogP contribution in [0.3, 0.4) is 0 Å². The van der Waals surface area contributed by atoms with Gasteiger partial charge in [-0.3, -0.25) is 4.79 Å². The van der Waals surface area contributed by atoms with Crippen molar-refractivity contribution in [2.45, 2.75) is 13.1 Å². The van der Waals surface area contributed by atoms with Gasteiger partial charge in [0.2, 0.25) is 0 Å². The third kappa shape index (κ3) is 3.93. The number of carbonyl (C=O) groups is 1. The fraction of sp³-hybridized carbons (Fsp3) is 0.444. The van der Waals surface area contributed by atoms with Crippen molar-refractivity contribution in [1.82, 2.24) is 4.90 Å². The van der Waals surface area contributed by atoms with Crippen LogP contribution in [0.4, 0.5) is 0 Å². The molecule has 1 unspecified atom stereocenters. The topological polar surface area (TPSA) is 55.6 Å². The summed E-state index contributed by atoms with van der Waals surface area (Å²) in [6, 6.07) is 0. The van der Waals surface area contributed by atoms with E-state index in [1.54, 1.807) is 18.0 Å². The highest BCUT2D eigenvalue weighted by atomic mass is 79.9. The standard InChI is InChI=1S/C9H14N2O2.BrH/c1-2-13-9(12)7-11-6-4-3-5-8(11)10;/h3-6,8H,2,7,10H2,1H3;1H. The molecular formula is C9H15BrN2O2. The van der Waals surface area contributed by atoms with Gasteiger partial charge in [0.15, 0.2) is 0 Å². The van der Waals surface area contributed by atoms with Crippen molar-refractivity contribution < 1.29 is 9.53 Å². The maximum atomic E-state index is 11.1. The number of hydrogen-bond donors (Lipinski definition) is 1. The van der Waals surface area contributed by atoms with Gasteiger partial charge in [-0.15, -0.1) is 17.0 Å². The van der Waals surface area contributed by atoms with Gasteiger partial charge >= 0.3 is 5.97 Å². The second kappa shape index (κ2) is 6.62. The highest BCUT2D eigenvalue weighted by molar-refractivity contribution is 8.93. The second-order valence-corrected chi connectivity index (χ2v) is 2.69. The summed E-state index contributed by atoms with van der Waals surface area (Å²) in [6.07, 6.45) is 7.06. The Morgan fingerprint density at radius 2 is 2.29 bits per heavy atom. The quantitative estimate of drug-likeness (QED) is 0.765. The number of allylic oxidation sites excluding steroid dienone is 2. The molecule has 80 valence electrons. The minimum Gasteiger partial charge on any atom is -0.465 e. The van der Waals surface area contributed by atoms with Crippen molar-refractivity contribution in [1.29, 1.82) is 0 Å². The van der Waals surface area contributed by atoms with Gasteiger partial charge in [-0.05, 0) is 19.1 Å². The molecule has 2 N–H and O–H groups in total. The molecule has 0 spiro atoms. The van der Waals surface area contributed by atoms with Crippen molar-refractivity contribution in [3.8, 4) is 0 Å². The van der Waals surface area contributed by atoms with Crippen LogP contribution in [0.15, 0.2) is 24.4 Å². The van der Waals surface area contributed by atoms with Crippen molar-refractivity contribution >= 4 is 23.0 Å². The van der Waals surface area contributed by atoms with E-state index in [1.807, 2.05) is 18.2 Å². The molecule has 1 aliphatic rings. The van der Waals surface area contributed by atoms with E-state index >= 15 is 0 Å². The van der Waals surface area contributed by atoms with Gasteiger partial charge in [0, 0.05) is 6.20 Å². The summed E-state index contributed by atoms with van der Waals surface area (Å²) in [7, 11) is 0. The lowest BCUT2D eigenvalue weighted by Gasteiger charge is -2.25. The first kappa shape index (κ1) is 13.2. The number of ether oxygens (including phenoxy) is 1. The molecule has 1 atom stereocenters. The van der Waals surface area contributed by atoms with Gasteiger partial charge in [-0.2, -0.15) is 0 Å². The van der Waals surface area contributed by atoms with E-state index in [9.17, 15) is 4.79 Å². The average molecular weight is 263 g/mol. The first-order valence-corrected chi connectivity index (χ1v) is 4.26. The Kier molecular flexibility index (Phi) is 6.23. The molecule has 1 aliphatic heterocycles. The Balaban J connectivity index is 0.00000169. The van der Waals surface area contributed by atoms with Crippen LogP contribution in [0.5, 0.6) is 0 Å². The maximum absolute atomic E-state index is 11.1. The summed E-state index contributed by atoms with van der Waals surface area (Å²) in [5, 5.41) is 0. The first-order valence-electron chi connectivity index (χ1n) is 4.26. The predicted octanol–water partition coefficient (Wildman–Crippen LogP) is 0.798. The second-order valence-electron chi connectivity index (χ2n) is 2.69. The number of nitrogens with zero attached hydrogens (tertiary/aromatic N) is 1. The SMILES string of the molecule is Br.CCOC(=O)CN1C=CC=CC1N. The number of esters is 1. The lowest BCUT2D eigenvalue weighted by molar-refractivity contribution is -0.144. The molecule has 4 nitrogen and oxygen atoms in total. The molecule has 0 aromatic rings. The average Bonchev–Trinajstić information content (AvgIpc) is 2.09. The lowest BCUT2D eigenvalue weighted by atomic mass is 10.3. The molecule has 5 heteroatoms. The van der Waals surface area contributed by atoms with E-state index in [-0.39, 0.29) is 35.7 Å². The van der Waals surface area contributed by atoms with E-state index < -0.39 is 0 Å². The number of halogens is 1. The Bertz CT molecular complexity index is 241. The Labute approximate surface area is 94.2 Å². The van der Waals surface area contributed by atoms with Crippen LogP contribution < -0.4 is 5.73 Å². The summed E-state index contributed by atoms with van der Waals surface area (Å²) < 4.78 is 4.80. The molecule has 0 saturated heterocycles. The number of carbonyl (C=O) groups excluding carboxylic acids is 1. The Morgan fingerprint density at radius 3 is 2.86 bits per heavy atom. The number of rotatable bonds is 3. The zero-order valence-corrected chi connectivity index (χ0v) is 9.76. The lowest BCUT2D eigenvalue weighted by Crippen LogP contribution is -2.41. The predicted molar refractivity (Wildman–Crippen MR) is 59.9 cm³/mol. The van der Waals surface area contributed by atoms with Crippen LogP contribution in [-0.4, -0.2) is 30.2 Å². The Morgan fingerprint density at radius 1 is 1.57 bits per heavy atom. The minimum atomic E-state index is -0.252. The highest BCUT2D eigenvalue weighted by Gasteiger charge is 2.13. The van der Waals surface area contributed by atoms with Gasteiger partial charge in [0.05, 0.1) is 12.8 Å². The van der Waals surface area contributed by atoms with Gasteiger partial charge in [0.1, 0.15) is 6.54 Å².